The van der Waals surface area contributed by atoms with E-state index in [1.165, 1.54) is 0 Å². The van der Waals surface area contributed by atoms with Gasteiger partial charge in [-0.2, -0.15) is 0 Å². The molecule has 0 aliphatic rings. The van der Waals surface area contributed by atoms with Crippen molar-refractivity contribution < 1.29 is 19.4 Å². The first kappa shape index (κ1) is 14.2. The summed E-state index contributed by atoms with van der Waals surface area (Å²) in [5, 5.41) is 8.71. The Hall–Kier alpha value is -1.84. The average molecular weight is 250 g/mol. The third-order valence-corrected chi connectivity index (χ3v) is 2.61. The summed E-state index contributed by atoms with van der Waals surface area (Å²) in [5.41, 5.74) is 2.81. The van der Waals surface area contributed by atoms with Crippen LogP contribution in [0.4, 0.5) is 0 Å². The van der Waals surface area contributed by atoms with E-state index >= 15 is 0 Å². The molecular weight excluding hydrogens is 232 g/mol. The topological polar surface area (TPSA) is 63.6 Å². The van der Waals surface area contributed by atoms with Crippen LogP contribution in [0, 0.1) is 6.92 Å². The number of hydrogen-bond donors (Lipinski definition) is 1. The van der Waals surface area contributed by atoms with E-state index < -0.39 is 5.97 Å². The standard InChI is InChI=1S/C14H18O4/c1-3-18-14(17)9-12-5-4-10(2)8-11(12)6-7-13(15)16/h4-5,8H,3,6-7,9H2,1-2H3,(H,15,16). The average Bonchev–Trinajstić information content (AvgIpc) is 2.29. The molecule has 1 N–H and O–H groups in total. The first-order valence-corrected chi connectivity index (χ1v) is 5.98. The highest BCUT2D eigenvalue weighted by atomic mass is 16.5. The predicted octanol–water partition coefficient (Wildman–Crippen LogP) is 2.12. The van der Waals surface area contributed by atoms with Gasteiger partial charge >= 0.3 is 11.9 Å². The smallest absolute Gasteiger partial charge is 0.310 e. The minimum atomic E-state index is -0.835. The summed E-state index contributed by atoms with van der Waals surface area (Å²) in [6.07, 6.45) is 0.702. The maximum atomic E-state index is 11.4. The van der Waals surface area contributed by atoms with Gasteiger partial charge in [-0.25, -0.2) is 0 Å². The SMILES string of the molecule is CCOC(=O)Cc1ccc(C)cc1CCC(=O)O. The normalized spacial score (nSPS) is 10.1. The Bertz CT molecular complexity index is 437. The molecule has 4 nitrogen and oxygen atoms in total. The number of carbonyl (C=O) groups is 2. The largest absolute Gasteiger partial charge is 0.481 e. The maximum Gasteiger partial charge on any atom is 0.310 e. The minimum Gasteiger partial charge on any atom is -0.481 e. The lowest BCUT2D eigenvalue weighted by Gasteiger charge is -2.09. The van der Waals surface area contributed by atoms with Crippen LogP contribution in [0.25, 0.3) is 0 Å². The zero-order valence-electron chi connectivity index (χ0n) is 10.7. The fourth-order valence-electron chi connectivity index (χ4n) is 1.77. The molecule has 0 unspecified atom stereocenters. The quantitative estimate of drug-likeness (QED) is 0.785. The number of esters is 1. The highest BCUT2D eigenvalue weighted by Gasteiger charge is 2.10. The molecule has 0 aromatic heterocycles. The number of benzene rings is 1. The van der Waals surface area contributed by atoms with Gasteiger partial charge in [0.1, 0.15) is 0 Å². The molecule has 1 rings (SSSR count). The summed E-state index contributed by atoms with van der Waals surface area (Å²) >= 11 is 0. The van der Waals surface area contributed by atoms with Gasteiger partial charge in [0.25, 0.3) is 0 Å². The van der Waals surface area contributed by atoms with Crippen LogP contribution in [-0.4, -0.2) is 23.7 Å². The monoisotopic (exact) mass is 250 g/mol. The molecule has 0 fully saturated rings. The first-order valence-electron chi connectivity index (χ1n) is 5.98. The molecule has 0 heterocycles. The Morgan fingerprint density at radius 2 is 2.00 bits per heavy atom. The number of carbonyl (C=O) groups excluding carboxylic acids is 1. The minimum absolute atomic E-state index is 0.0687. The van der Waals surface area contributed by atoms with Crippen molar-refractivity contribution in [3.8, 4) is 0 Å². The van der Waals surface area contributed by atoms with Crippen molar-refractivity contribution in [3.63, 3.8) is 0 Å². The Kier molecular flexibility index (Phi) is 5.36. The van der Waals surface area contributed by atoms with Gasteiger partial charge in [0.05, 0.1) is 13.0 Å². The molecule has 0 atom stereocenters. The van der Waals surface area contributed by atoms with Crippen LogP contribution in [0.2, 0.25) is 0 Å². The summed E-state index contributed by atoms with van der Waals surface area (Å²) < 4.78 is 4.90. The van der Waals surface area contributed by atoms with Gasteiger partial charge in [-0.3, -0.25) is 9.59 Å². The summed E-state index contributed by atoms with van der Waals surface area (Å²) in [6, 6.07) is 5.71. The second-order valence-electron chi connectivity index (χ2n) is 4.15. The van der Waals surface area contributed by atoms with Crippen LogP contribution in [0.3, 0.4) is 0 Å². The Labute approximate surface area is 107 Å². The molecule has 0 aliphatic carbocycles. The number of aliphatic carboxylic acids is 1. The highest BCUT2D eigenvalue weighted by molar-refractivity contribution is 5.73. The van der Waals surface area contributed by atoms with Crippen LogP contribution < -0.4 is 0 Å². The molecule has 0 saturated carbocycles. The van der Waals surface area contributed by atoms with Crippen LogP contribution in [-0.2, 0) is 27.2 Å². The van der Waals surface area contributed by atoms with Crippen molar-refractivity contribution >= 4 is 11.9 Å². The lowest BCUT2D eigenvalue weighted by Crippen LogP contribution is -2.10. The van der Waals surface area contributed by atoms with E-state index in [4.69, 9.17) is 9.84 Å². The van der Waals surface area contributed by atoms with Gasteiger partial charge in [-0.1, -0.05) is 23.8 Å². The van der Waals surface area contributed by atoms with Crippen LogP contribution >= 0.6 is 0 Å². The van der Waals surface area contributed by atoms with Gasteiger partial charge in [-0.05, 0) is 31.4 Å². The Morgan fingerprint density at radius 1 is 1.28 bits per heavy atom. The van der Waals surface area contributed by atoms with E-state index in [0.717, 1.165) is 16.7 Å². The molecular formula is C14H18O4. The number of aryl methyl sites for hydroxylation is 2. The zero-order chi connectivity index (χ0) is 13.5. The molecule has 1 aromatic carbocycles. The van der Waals surface area contributed by atoms with E-state index in [1.54, 1.807) is 6.92 Å². The molecule has 18 heavy (non-hydrogen) atoms. The van der Waals surface area contributed by atoms with E-state index in [-0.39, 0.29) is 18.8 Å². The molecule has 0 spiro atoms. The van der Waals surface area contributed by atoms with Crippen molar-refractivity contribution in [3.05, 3.63) is 34.9 Å². The van der Waals surface area contributed by atoms with Crippen LogP contribution in [0.1, 0.15) is 30.0 Å². The Morgan fingerprint density at radius 3 is 2.61 bits per heavy atom. The van der Waals surface area contributed by atoms with Crippen molar-refractivity contribution in [2.75, 3.05) is 6.61 Å². The summed E-state index contributed by atoms with van der Waals surface area (Å²) in [6.45, 7) is 4.06. The van der Waals surface area contributed by atoms with Crippen molar-refractivity contribution in [2.24, 2.45) is 0 Å². The lowest BCUT2D eigenvalue weighted by molar-refractivity contribution is -0.142. The van der Waals surface area contributed by atoms with Crippen LogP contribution in [0.15, 0.2) is 18.2 Å². The van der Waals surface area contributed by atoms with E-state index in [9.17, 15) is 9.59 Å². The highest BCUT2D eigenvalue weighted by Crippen LogP contribution is 2.15. The first-order chi connectivity index (χ1) is 8.52. The van der Waals surface area contributed by atoms with Crippen molar-refractivity contribution in [1.82, 2.24) is 0 Å². The summed E-state index contributed by atoms with van der Waals surface area (Å²) in [5.74, 6) is -1.11. The van der Waals surface area contributed by atoms with Crippen LogP contribution in [0.5, 0.6) is 0 Å². The molecule has 4 heteroatoms. The molecule has 98 valence electrons. The van der Waals surface area contributed by atoms with E-state index in [1.807, 2.05) is 25.1 Å². The van der Waals surface area contributed by atoms with Crippen molar-refractivity contribution in [2.45, 2.75) is 33.1 Å². The van der Waals surface area contributed by atoms with Crippen molar-refractivity contribution in [1.29, 1.82) is 0 Å². The molecule has 0 radical (unpaired) electrons. The third kappa shape index (κ3) is 4.57. The fourth-order valence-corrected chi connectivity index (χ4v) is 1.77. The summed E-state index contributed by atoms with van der Waals surface area (Å²) in [4.78, 5) is 22.1. The Balaban J connectivity index is 2.82. The second kappa shape index (κ2) is 6.79. The molecule has 1 aromatic rings. The third-order valence-electron chi connectivity index (χ3n) is 2.61. The number of hydrogen-bond acceptors (Lipinski definition) is 3. The zero-order valence-corrected chi connectivity index (χ0v) is 10.7. The number of carboxylic acid groups (broad SMARTS) is 1. The maximum absolute atomic E-state index is 11.4. The van der Waals surface area contributed by atoms with Gasteiger partial charge in [0.2, 0.25) is 0 Å². The van der Waals surface area contributed by atoms with Gasteiger partial charge in [0, 0.05) is 6.42 Å². The molecule has 0 aliphatic heterocycles. The van der Waals surface area contributed by atoms with E-state index in [0.29, 0.717) is 13.0 Å². The predicted molar refractivity (Wildman–Crippen MR) is 67.5 cm³/mol. The molecule has 0 bridgehead atoms. The number of ether oxygens (including phenoxy) is 1. The summed E-state index contributed by atoms with van der Waals surface area (Å²) in [7, 11) is 0. The number of rotatable bonds is 6. The number of carboxylic acids is 1. The van der Waals surface area contributed by atoms with E-state index in [2.05, 4.69) is 0 Å². The second-order valence-corrected chi connectivity index (χ2v) is 4.15. The molecule has 0 amide bonds. The van der Waals surface area contributed by atoms with Gasteiger partial charge in [0.15, 0.2) is 0 Å². The lowest BCUT2D eigenvalue weighted by atomic mass is 9.98. The fraction of sp³-hybridized carbons (Fsp3) is 0.429. The van der Waals surface area contributed by atoms with Gasteiger partial charge < -0.3 is 9.84 Å². The van der Waals surface area contributed by atoms with Gasteiger partial charge in [-0.15, -0.1) is 0 Å². The molecule has 0 saturated heterocycles.